The van der Waals surface area contributed by atoms with Crippen molar-refractivity contribution < 1.29 is 14.3 Å². The van der Waals surface area contributed by atoms with Crippen molar-refractivity contribution >= 4 is 35.0 Å². The van der Waals surface area contributed by atoms with E-state index in [4.69, 9.17) is 27.9 Å². The minimum Gasteiger partial charge on any atom is -0.460 e. The van der Waals surface area contributed by atoms with Crippen LogP contribution in [0.1, 0.15) is 56.6 Å². The third-order valence-electron chi connectivity index (χ3n) is 5.95. The SMILES string of the molecule is CC1=C(C(=O)OC(C)C)C(c2cccc(Cl)c2Cl)C2=C(CC(c3ccccc3)CC2=O)N1. The quantitative estimate of drug-likeness (QED) is 0.533. The summed E-state index contributed by atoms with van der Waals surface area (Å²) in [4.78, 5) is 26.7. The van der Waals surface area contributed by atoms with Crippen LogP contribution in [-0.2, 0) is 14.3 Å². The second kappa shape index (κ2) is 9.13. The smallest absolute Gasteiger partial charge is 0.337 e. The molecule has 0 spiro atoms. The van der Waals surface area contributed by atoms with Crippen molar-refractivity contribution in [2.75, 3.05) is 0 Å². The highest BCUT2D eigenvalue weighted by Crippen LogP contribution is 2.48. The number of Topliss-reactive ketones (excluding diaryl/α,β-unsaturated/α-hetero) is 1. The van der Waals surface area contributed by atoms with Gasteiger partial charge >= 0.3 is 5.97 Å². The van der Waals surface area contributed by atoms with Crippen LogP contribution in [0.3, 0.4) is 0 Å². The summed E-state index contributed by atoms with van der Waals surface area (Å²) in [6.07, 6.45) is 0.743. The summed E-state index contributed by atoms with van der Waals surface area (Å²) in [5.74, 6) is -1.03. The Balaban J connectivity index is 1.84. The van der Waals surface area contributed by atoms with Gasteiger partial charge in [0.15, 0.2) is 5.78 Å². The number of carbonyl (C=O) groups is 2. The fourth-order valence-electron chi connectivity index (χ4n) is 4.60. The Morgan fingerprint density at radius 2 is 1.78 bits per heavy atom. The summed E-state index contributed by atoms with van der Waals surface area (Å²) in [7, 11) is 0. The van der Waals surface area contributed by atoms with Crippen LogP contribution in [0.4, 0.5) is 0 Å². The maximum atomic E-state index is 13.5. The lowest BCUT2D eigenvalue weighted by atomic mass is 9.71. The Bertz CT molecular complexity index is 1140. The zero-order valence-corrected chi connectivity index (χ0v) is 19.8. The Hall–Kier alpha value is -2.56. The molecule has 0 amide bonds. The first-order chi connectivity index (χ1) is 15.3. The van der Waals surface area contributed by atoms with E-state index in [0.29, 0.717) is 45.3 Å². The lowest BCUT2D eigenvalue weighted by Crippen LogP contribution is -2.36. The highest BCUT2D eigenvalue weighted by atomic mass is 35.5. The molecule has 2 aromatic carbocycles. The number of hydrogen-bond donors (Lipinski definition) is 1. The van der Waals surface area contributed by atoms with E-state index >= 15 is 0 Å². The van der Waals surface area contributed by atoms with Gasteiger partial charge in [0, 0.05) is 29.3 Å². The monoisotopic (exact) mass is 469 g/mol. The second-order valence-electron chi connectivity index (χ2n) is 8.53. The Labute approximate surface area is 198 Å². The Kier molecular flexibility index (Phi) is 6.45. The minimum absolute atomic E-state index is 0.00371. The van der Waals surface area contributed by atoms with Crippen LogP contribution in [0.2, 0.25) is 10.0 Å². The lowest BCUT2D eigenvalue weighted by Gasteiger charge is -2.37. The fraction of sp³-hybridized carbons (Fsp3) is 0.308. The molecule has 0 radical (unpaired) electrons. The molecule has 4 rings (SSSR count). The molecule has 166 valence electrons. The number of dihydropyridines is 1. The summed E-state index contributed by atoms with van der Waals surface area (Å²) >= 11 is 12.9. The number of allylic oxidation sites excluding steroid dienone is 3. The Morgan fingerprint density at radius 3 is 2.47 bits per heavy atom. The highest BCUT2D eigenvalue weighted by Gasteiger charge is 2.42. The predicted octanol–water partition coefficient (Wildman–Crippen LogP) is 6.31. The van der Waals surface area contributed by atoms with E-state index in [1.54, 1.807) is 26.0 Å². The Morgan fingerprint density at radius 1 is 1.06 bits per heavy atom. The van der Waals surface area contributed by atoms with Crippen molar-refractivity contribution in [1.29, 1.82) is 0 Å². The van der Waals surface area contributed by atoms with Gasteiger partial charge in [0.05, 0.1) is 21.7 Å². The van der Waals surface area contributed by atoms with Crippen molar-refractivity contribution in [3.05, 3.63) is 92.2 Å². The molecule has 2 aromatic rings. The summed E-state index contributed by atoms with van der Waals surface area (Å²) in [5, 5.41) is 4.07. The molecular formula is C26H25Cl2NO3. The van der Waals surface area contributed by atoms with Gasteiger partial charge < -0.3 is 10.1 Å². The van der Waals surface area contributed by atoms with E-state index in [1.165, 1.54) is 0 Å². The van der Waals surface area contributed by atoms with Gasteiger partial charge in [-0.05, 0) is 50.3 Å². The minimum atomic E-state index is -0.632. The first-order valence-corrected chi connectivity index (χ1v) is 11.5. The summed E-state index contributed by atoms with van der Waals surface area (Å²) in [5.41, 5.74) is 4.22. The van der Waals surface area contributed by atoms with Crippen LogP contribution in [0.5, 0.6) is 0 Å². The molecular weight excluding hydrogens is 445 g/mol. The van der Waals surface area contributed by atoms with Crippen LogP contribution in [0, 0.1) is 0 Å². The maximum Gasteiger partial charge on any atom is 0.337 e. The molecule has 6 heteroatoms. The molecule has 0 aromatic heterocycles. The van der Waals surface area contributed by atoms with Gasteiger partial charge in [-0.25, -0.2) is 4.79 Å². The third-order valence-corrected chi connectivity index (χ3v) is 6.79. The van der Waals surface area contributed by atoms with Crippen molar-refractivity contribution in [2.45, 2.75) is 51.6 Å². The molecule has 0 saturated heterocycles. The number of ether oxygens (including phenoxy) is 1. The van der Waals surface area contributed by atoms with Gasteiger partial charge in [-0.15, -0.1) is 0 Å². The van der Waals surface area contributed by atoms with Crippen LogP contribution in [0.25, 0.3) is 0 Å². The normalized spacial score (nSPS) is 20.9. The zero-order valence-electron chi connectivity index (χ0n) is 18.2. The molecule has 0 bridgehead atoms. The summed E-state index contributed by atoms with van der Waals surface area (Å²) < 4.78 is 5.54. The van der Waals surface area contributed by atoms with E-state index < -0.39 is 11.9 Å². The standard InChI is InChI=1S/C26H25Cl2NO3/c1-14(2)32-26(31)22-15(3)29-20-12-17(16-8-5-4-6-9-16)13-21(30)24(20)23(22)18-10-7-11-19(27)25(18)28/h4-11,14,17,23,29H,12-13H2,1-3H3. The summed E-state index contributed by atoms with van der Waals surface area (Å²) in [6, 6.07) is 15.3. The molecule has 0 saturated carbocycles. The van der Waals surface area contributed by atoms with Gasteiger partial charge in [0.1, 0.15) is 0 Å². The van der Waals surface area contributed by atoms with Gasteiger partial charge in [-0.3, -0.25) is 4.79 Å². The van der Waals surface area contributed by atoms with Crippen molar-refractivity contribution in [3.63, 3.8) is 0 Å². The first-order valence-electron chi connectivity index (χ1n) is 10.7. The average molecular weight is 470 g/mol. The second-order valence-corrected chi connectivity index (χ2v) is 9.31. The van der Waals surface area contributed by atoms with E-state index in [0.717, 1.165) is 11.3 Å². The summed E-state index contributed by atoms with van der Waals surface area (Å²) in [6.45, 7) is 5.43. The van der Waals surface area contributed by atoms with Crippen molar-refractivity contribution in [2.24, 2.45) is 0 Å². The van der Waals surface area contributed by atoms with E-state index in [9.17, 15) is 9.59 Å². The predicted molar refractivity (Wildman–Crippen MR) is 127 cm³/mol. The molecule has 2 atom stereocenters. The van der Waals surface area contributed by atoms with E-state index in [1.807, 2.05) is 43.3 Å². The molecule has 32 heavy (non-hydrogen) atoms. The van der Waals surface area contributed by atoms with E-state index in [2.05, 4.69) is 5.32 Å². The van der Waals surface area contributed by atoms with Gasteiger partial charge in [0.25, 0.3) is 0 Å². The van der Waals surface area contributed by atoms with E-state index in [-0.39, 0.29) is 17.8 Å². The fourth-order valence-corrected chi connectivity index (χ4v) is 5.02. The molecule has 0 fully saturated rings. The van der Waals surface area contributed by atoms with Crippen molar-refractivity contribution in [1.82, 2.24) is 5.32 Å². The largest absolute Gasteiger partial charge is 0.460 e. The molecule has 1 N–H and O–H groups in total. The molecule has 2 aliphatic rings. The van der Waals surface area contributed by atoms with Gasteiger partial charge in [-0.2, -0.15) is 0 Å². The zero-order chi connectivity index (χ0) is 23.0. The van der Waals surface area contributed by atoms with Crippen LogP contribution in [0.15, 0.2) is 71.1 Å². The topological polar surface area (TPSA) is 55.4 Å². The van der Waals surface area contributed by atoms with Gasteiger partial charge in [-0.1, -0.05) is 65.7 Å². The van der Waals surface area contributed by atoms with Crippen LogP contribution in [-0.4, -0.2) is 17.9 Å². The number of ketones is 1. The molecule has 4 nitrogen and oxygen atoms in total. The highest BCUT2D eigenvalue weighted by molar-refractivity contribution is 6.42. The molecule has 2 unspecified atom stereocenters. The van der Waals surface area contributed by atoms with Crippen LogP contribution >= 0.6 is 23.2 Å². The maximum absolute atomic E-state index is 13.5. The van der Waals surface area contributed by atoms with Crippen molar-refractivity contribution in [3.8, 4) is 0 Å². The molecule has 1 aliphatic heterocycles. The first kappa shape index (κ1) is 22.6. The molecule has 1 aliphatic carbocycles. The third kappa shape index (κ3) is 4.22. The number of hydrogen-bond acceptors (Lipinski definition) is 4. The number of rotatable bonds is 4. The number of halogens is 2. The number of esters is 1. The van der Waals surface area contributed by atoms with Gasteiger partial charge in [0.2, 0.25) is 0 Å². The average Bonchev–Trinajstić information content (AvgIpc) is 2.74. The van der Waals surface area contributed by atoms with Crippen LogP contribution < -0.4 is 5.32 Å². The molecule has 1 heterocycles. The number of nitrogens with one attached hydrogen (secondary N) is 1. The number of carbonyl (C=O) groups excluding carboxylic acids is 2. The number of benzene rings is 2. The lowest BCUT2D eigenvalue weighted by molar-refractivity contribution is -0.143.